The first-order valence-corrected chi connectivity index (χ1v) is 5.40. The molecular formula is C12H17FN2O. The van der Waals surface area contributed by atoms with Crippen molar-refractivity contribution in [3.63, 3.8) is 0 Å². The first kappa shape index (κ1) is 12.5. The lowest BCUT2D eigenvalue weighted by molar-refractivity contribution is 0.0938. The van der Waals surface area contributed by atoms with E-state index >= 15 is 0 Å². The molecule has 0 aliphatic carbocycles. The van der Waals surface area contributed by atoms with Gasteiger partial charge in [-0.05, 0) is 31.5 Å². The predicted octanol–water partition coefficient (Wildman–Crippen LogP) is 2.33. The SMILES string of the molecule is CCCC(C)NC(=O)c1ccc(F)c(N)c1. The van der Waals surface area contributed by atoms with Crippen molar-refractivity contribution in [1.29, 1.82) is 0 Å². The Balaban J connectivity index is 2.69. The van der Waals surface area contributed by atoms with E-state index in [9.17, 15) is 9.18 Å². The minimum atomic E-state index is -0.502. The monoisotopic (exact) mass is 224 g/mol. The molecule has 0 radical (unpaired) electrons. The van der Waals surface area contributed by atoms with Crippen molar-refractivity contribution in [3.05, 3.63) is 29.6 Å². The summed E-state index contributed by atoms with van der Waals surface area (Å²) >= 11 is 0. The lowest BCUT2D eigenvalue weighted by Gasteiger charge is -2.12. The van der Waals surface area contributed by atoms with Gasteiger partial charge in [0.05, 0.1) is 5.69 Å². The molecule has 16 heavy (non-hydrogen) atoms. The van der Waals surface area contributed by atoms with E-state index in [1.54, 1.807) is 0 Å². The number of carbonyl (C=O) groups is 1. The normalized spacial score (nSPS) is 12.2. The summed E-state index contributed by atoms with van der Waals surface area (Å²) in [6, 6.07) is 4.10. The van der Waals surface area contributed by atoms with Gasteiger partial charge < -0.3 is 11.1 Å². The second-order valence-electron chi connectivity index (χ2n) is 3.90. The molecule has 1 amide bonds. The Labute approximate surface area is 94.8 Å². The number of benzene rings is 1. The minimum absolute atomic E-state index is 0.00389. The topological polar surface area (TPSA) is 55.1 Å². The summed E-state index contributed by atoms with van der Waals surface area (Å²) in [5, 5.41) is 2.83. The summed E-state index contributed by atoms with van der Waals surface area (Å²) in [5.41, 5.74) is 5.78. The third-order valence-electron chi connectivity index (χ3n) is 2.36. The number of hydrogen-bond acceptors (Lipinski definition) is 2. The fourth-order valence-corrected chi connectivity index (χ4v) is 1.50. The second kappa shape index (κ2) is 5.49. The molecule has 3 nitrogen and oxygen atoms in total. The van der Waals surface area contributed by atoms with Crippen LogP contribution in [0.4, 0.5) is 10.1 Å². The van der Waals surface area contributed by atoms with Crippen LogP contribution in [0, 0.1) is 5.82 Å². The number of carbonyl (C=O) groups excluding carboxylic acids is 1. The van der Waals surface area contributed by atoms with Crippen LogP contribution in [-0.4, -0.2) is 11.9 Å². The van der Waals surface area contributed by atoms with Crippen molar-refractivity contribution in [2.24, 2.45) is 0 Å². The van der Waals surface area contributed by atoms with Gasteiger partial charge in [0.1, 0.15) is 5.82 Å². The molecule has 1 unspecified atom stereocenters. The van der Waals surface area contributed by atoms with Gasteiger partial charge in [-0.3, -0.25) is 4.79 Å². The zero-order valence-electron chi connectivity index (χ0n) is 9.59. The molecule has 0 aromatic heterocycles. The zero-order valence-corrected chi connectivity index (χ0v) is 9.59. The molecule has 3 N–H and O–H groups in total. The molecule has 4 heteroatoms. The highest BCUT2D eigenvalue weighted by Crippen LogP contribution is 2.12. The van der Waals surface area contributed by atoms with E-state index in [-0.39, 0.29) is 17.6 Å². The number of anilines is 1. The molecule has 0 spiro atoms. The number of halogens is 1. The number of amides is 1. The van der Waals surface area contributed by atoms with Gasteiger partial charge in [-0.1, -0.05) is 13.3 Å². The van der Waals surface area contributed by atoms with Gasteiger partial charge in [0.15, 0.2) is 0 Å². The highest BCUT2D eigenvalue weighted by molar-refractivity contribution is 5.95. The smallest absolute Gasteiger partial charge is 0.251 e. The third-order valence-corrected chi connectivity index (χ3v) is 2.36. The number of nitrogens with one attached hydrogen (secondary N) is 1. The third kappa shape index (κ3) is 3.22. The maximum Gasteiger partial charge on any atom is 0.251 e. The lowest BCUT2D eigenvalue weighted by Crippen LogP contribution is -2.32. The zero-order chi connectivity index (χ0) is 12.1. The quantitative estimate of drug-likeness (QED) is 0.771. The van der Waals surface area contributed by atoms with Gasteiger partial charge in [0.2, 0.25) is 0 Å². The molecule has 0 bridgehead atoms. The molecule has 0 saturated carbocycles. The second-order valence-corrected chi connectivity index (χ2v) is 3.90. The van der Waals surface area contributed by atoms with Crippen molar-refractivity contribution in [2.45, 2.75) is 32.7 Å². The van der Waals surface area contributed by atoms with Crippen LogP contribution in [0.3, 0.4) is 0 Å². The Bertz CT molecular complexity index is 379. The first-order valence-electron chi connectivity index (χ1n) is 5.40. The van der Waals surface area contributed by atoms with Crippen molar-refractivity contribution < 1.29 is 9.18 Å². The average Bonchev–Trinajstić information content (AvgIpc) is 2.22. The molecule has 1 atom stereocenters. The highest BCUT2D eigenvalue weighted by atomic mass is 19.1. The van der Waals surface area contributed by atoms with Gasteiger partial charge in [0, 0.05) is 11.6 Å². The van der Waals surface area contributed by atoms with Crippen LogP contribution in [0.2, 0.25) is 0 Å². The van der Waals surface area contributed by atoms with E-state index in [4.69, 9.17) is 5.73 Å². The Kier molecular flexibility index (Phi) is 4.28. The van der Waals surface area contributed by atoms with Crippen LogP contribution < -0.4 is 11.1 Å². The van der Waals surface area contributed by atoms with Crippen LogP contribution in [0.5, 0.6) is 0 Å². The summed E-state index contributed by atoms with van der Waals surface area (Å²) in [5.74, 6) is -0.717. The predicted molar refractivity (Wildman–Crippen MR) is 62.6 cm³/mol. The number of hydrogen-bond donors (Lipinski definition) is 2. The Morgan fingerprint density at radius 2 is 2.25 bits per heavy atom. The molecule has 1 aromatic carbocycles. The summed E-state index contributed by atoms with van der Waals surface area (Å²) in [6.45, 7) is 3.99. The molecule has 0 saturated heterocycles. The summed E-state index contributed by atoms with van der Waals surface area (Å²) in [4.78, 5) is 11.7. The van der Waals surface area contributed by atoms with Crippen LogP contribution in [0.15, 0.2) is 18.2 Å². The van der Waals surface area contributed by atoms with E-state index in [1.165, 1.54) is 18.2 Å². The standard InChI is InChI=1S/C12H17FN2O/c1-3-4-8(2)15-12(16)9-5-6-10(13)11(14)7-9/h5-8H,3-4,14H2,1-2H3,(H,15,16). The molecule has 88 valence electrons. The largest absolute Gasteiger partial charge is 0.396 e. The summed E-state index contributed by atoms with van der Waals surface area (Å²) in [7, 11) is 0. The van der Waals surface area contributed by atoms with Crippen LogP contribution in [0.25, 0.3) is 0 Å². The summed E-state index contributed by atoms with van der Waals surface area (Å²) < 4.78 is 12.9. The maximum absolute atomic E-state index is 12.9. The van der Waals surface area contributed by atoms with Crippen molar-refractivity contribution in [3.8, 4) is 0 Å². The molecule has 0 aliphatic heterocycles. The molecule has 0 fully saturated rings. The van der Waals surface area contributed by atoms with E-state index in [1.807, 2.05) is 6.92 Å². The molecule has 0 aliphatic rings. The van der Waals surface area contributed by atoms with E-state index in [2.05, 4.69) is 12.2 Å². The fourth-order valence-electron chi connectivity index (χ4n) is 1.50. The molecular weight excluding hydrogens is 207 g/mol. The lowest BCUT2D eigenvalue weighted by atomic mass is 10.1. The fraction of sp³-hybridized carbons (Fsp3) is 0.417. The van der Waals surface area contributed by atoms with Gasteiger partial charge in [-0.15, -0.1) is 0 Å². The Morgan fingerprint density at radius 1 is 1.56 bits per heavy atom. The van der Waals surface area contributed by atoms with Crippen molar-refractivity contribution in [2.75, 3.05) is 5.73 Å². The Morgan fingerprint density at radius 3 is 2.81 bits per heavy atom. The van der Waals surface area contributed by atoms with Gasteiger partial charge in [-0.25, -0.2) is 4.39 Å². The van der Waals surface area contributed by atoms with Crippen LogP contribution in [0.1, 0.15) is 37.0 Å². The van der Waals surface area contributed by atoms with Crippen LogP contribution in [-0.2, 0) is 0 Å². The van der Waals surface area contributed by atoms with E-state index < -0.39 is 5.82 Å². The molecule has 1 rings (SSSR count). The summed E-state index contributed by atoms with van der Waals surface area (Å²) in [6.07, 6.45) is 1.93. The molecule has 1 aromatic rings. The van der Waals surface area contributed by atoms with Gasteiger partial charge in [-0.2, -0.15) is 0 Å². The van der Waals surface area contributed by atoms with E-state index in [0.29, 0.717) is 5.56 Å². The van der Waals surface area contributed by atoms with Crippen LogP contribution >= 0.6 is 0 Å². The average molecular weight is 224 g/mol. The molecule has 0 heterocycles. The highest BCUT2D eigenvalue weighted by Gasteiger charge is 2.10. The van der Waals surface area contributed by atoms with E-state index in [0.717, 1.165) is 12.8 Å². The van der Waals surface area contributed by atoms with Gasteiger partial charge in [0.25, 0.3) is 5.91 Å². The number of rotatable bonds is 4. The van der Waals surface area contributed by atoms with Crippen molar-refractivity contribution in [1.82, 2.24) is 5.32 Å². The first-order chi connectivity index (χ1) is 7.54. The maximum atomic E-state index is 12.9. The Hall–Kier alpha value is -1.58. The van der Waals surface area contributed by atoms with Crippen molar-refractivity contribution >= 4 is 11.6 Å². The number of nitrogens with two attached hydrogens (primary N) is 1. The minimum Gasteiger partial charge on any atom is -0.396 e. The number of nitrogen functional groups attached to an aromatic ring is 1. The van der Waals surface area contributed by atoms with Gasteiger partial charge >= 0.3 is 0 Å².